The smallest absolute Gasteiger partial charge is 0.491 e. The standard InChI is InChI=1S/C17H26BNO4/c1-11(2)20-15-14(13(9-10-19-15)21-12-7-8-12)18-22-16(3,4)17(5,6)23-18/h9-12H,7-8H2,1-6H3. The molecule has 6 heteroatoms. The minimum Gasteiger partial charge on any atom is -0.491 e. The first kappa shape index (κ1) is 16.6. The molecule has 0 N–H and O–H groups in total. The normalized spacial score (nSPS) is 22.5. The maximum atomic E-state index is 6.19. The van der Waals surface area contributed by atoms with Gasteiger partial charge in [0.2, 0.25) is 5.88 Å². The summed E-state index contributed by atoms with van der Waals surface area (Å²) in [6, 6.07) is 1.87. The Morgan fingerprint density at radius 3 is 2.30 bits per heavy atom. The summed E-state index contributed by atoms with van der Waals surface area (Å²) >= 11 is 0. The van der Waals surface area contributed by atoms with Crippen molar-refractivity contribution in [1.82, 2.24) is 4.98 Å². The fourth-order valence-corrected chi connectivity index (χ4v) is 2.40. The van der Waals surface area contributed by atoms with Gasteiger partial charge < -0.3 is 18.8 Å². The van der Waals surface area contributed by atoms with Crippen LogP contribution in [-0.4, -0.2) is 35.5 Å². The Labute approximate surface area is 138 Å². The van der Waals surface area contributed by atoms with Crippen molar-refractivity contribution in [3.8, 4) is 11.6 Å². The monoisotopic (exact) mass is 319 g/mol. The maximum absolute atomic E-state index is 6.19. The van der Waals surface area contributed by atoms with E-state index in [0.717, 1.165) is 24.1 Å². The van der Waals surface area contributed by atoms with Crippen molar-refractivity contribution >= 4 is 12.6 Å². The first-order chi connectivity index (χ1) is 10.7. The number of pyridine rings is 1. The van der Waals surface area contributed by atoms with Crippen LogP contribution < -0.4 is 14.9 Å². The van der Waals surface area contributed by atoms with E-state index in [1.807, 2.05) is 47.6 Å². The summed E-state index contributed by atoms with van der Waals surface area (Å²) in [5.41, 5.74) is -0.0782. The van der Waals surface area contributed by atoms with E-state index in [2.05, 4.69) is 4.98 Å². The summed E-state index contributed by atoms with van der Waals surface area (Å²) < 4.78 is 24.3. The van der Waals surface area contributed by atoms with Crippen LogP contribution in [-0.2, 0) is 9.31 Å². The summed E-state index contributed by atoms with van der Waals surface area (Å²) in [6.45, 7) is 12.1. The fraction of sp³-hybridized carbons (Fsp3) is 0.706. The van der Waals surface area contributed by atoms with Gasteiger partial charge in [-0.15, -0.1) is 0 Å². The molecular weight excluding hydrogens is 293 g/mol. The van der Waals surface area contributed by atoms with Crippen LogP contribution in [0.4, 0.5) is 0 Å². The summed E-state index contributed by atoms with van der Waals surface area (Å²) in [4.78, 5) is 4.39. The number of ether oxygens (including phenoxy) is 2. The van der Waals surface area contributed by atoms with Gasteiger partial charge in [0.05, 0.1) is 28.9 Å². The molecule has 1 aromatic heterocycles. The molecule has 1 saturated carbocycles. The lowest BCUT2D eigenvalue weighted by Crippen LogP contribution is -2.41. The van der Waals surface area contributed by atoms with E-state index in [0.29, 0.717) is 5.88 Å². The van der Waals surface area contributed by atoms with Crippen LogP contribution in [0, 0.1) is 0 Å². The molecule has 2 aliphatic rings. The molecule has 0 spiro atoms. The molecule has 0 radical (unpaired) electrons. The lowest BCUT2D eigenvalue weighted by molar-refractivity contribution is 0.00578. The van der Waals surface area contributed by atoms with Gasteiger partial charge in [-0.1, -0.05) is 0 Å². The lowest BCUT2D eigenvalue weighted by atomic mass is 9.79. The zero-order valence-electron chi connectivity index (χ0n) is 14.9. The molecule has 126 valence electrons. The quantitative estimate of drug-likeness (QED) is 0.781. The highest BCUT2D eigenvalue weighted by molar-refractivity contribution is 6.64. The summed E-state index contributed by atoms with van der Waals surface area (Å²) in [6.07, 6.45) is 4.19. The second-order valence-electron chi connectivity index (χ2n) is 7.60. The Morgan fingerprint density at radius 1 is 1.17 bits per heavy atom. The van der Waals surface area contributed by atoms with Crippen LogP contribution in [0.5, 0.6) is 11.6 Å². The molecule has 2 fully saturated rings. The average Bonchev–Trinajstić information content (AvgIpc) is 3.17. The van der Waals surface area contributed by atoms with Gasteiger partial charge >= 0.3 is 7.12 Å². The second-order valence-corrected chi connectivity index (χ2v) is 7.60. The van der Waals surface area contributed by atoms with Gasteiger partial charge in [-0.3, -0.25) is 0 Å². The molecule has 5 nitrogen and oxygen atoms in total. The molecule has 0 atom stereocenters. The topological polar surface area (TPSA) is 49.8 Å². The van der Waals surface area contributed by atoms with Crippen molar-refractivity contribution in [3.05, 3.63) is 12.3 Å². The third kappa shape index (κ3) is 3.33. The SMILES string of the molecule is CC(C)Oc1nccc(OC2CC2)c1B1OC(C)(C)C(C)(C)O1. The molecular formula is C17H26BNO4. The van der Waals surface area contributed by atoms with Crippen LogP contribution in [0.3, 0.4) is 0 Å². The minimum atomic E-state index is -0.545. The number of hydrogen-bond donors (Lipinski definition) is 0. The number of hydrogen-bond acceptors (Lipinski definition) is 5. The van der Waals surface area contributed by atoms with Crippen molar-refractivity contribution in [2.75, 3.05) is 0 Å². The summed E-state index contributed by atoms with van der Waals surface area (Å²) in [5.74, 6) is 1.27. The van der Waals surface area contributed by atoms with Gasteiger partial charge in [0, 0.05) is 6.20 Å². The largest absolute Gasteiger partial charge is 0.504 e. The molecule has 1 saturated heterocycles. The van der Waals surface area contributed by atoms with Crippen LogP contribution in [0.15, 0.2) is 12.3 Å². The highest BCUT2D eigenvalue weighted by atomic mass is 16.7. The van der Waals surface area contributed by atoms with Gasteiger partial charge in [0.25, 0.3) is 0 Å². The van der Waals surface area contributed by atoms with E-state index >= 15 is 0 Å². The molecule has 0 bridgehead atoms. The molecule has 1 aliphatic heterocycles. The second kappa shape index (κ2) is 5.67. The van der Waals surface area contributed by atoms with Crippen molar-refractivity contribution in [2.45, 2.75) is 77.8 Å². The Balaban J connectivity index is 1.98. The lowest BCUT2D eigenvalue weighted by Gasteiger charge is -2.32. The summed E-state index contributed by atoms with van der Waals surface area (Å²) in [5, 5.41) is 0. The van der Waals surface area contributed by atoms with E-state index < -0.39 is 18.3 Å². The summed E-state index contributed by atoms with van der Waals surface area (Å²) in [7, 11) is -0.545. The number of aromatic nitrogens is 1. The Bertz CT molecular complexity index is 546. The Kier molecular flexibility index (Phi) is 4.09. The third-order valence-corrected chi connectivity index (χ3v) is 4.57. The minimum absolute atomic E-state index is 0.0137. The van der Waals surface area contributed by atoms with Gasteiger partial charge in [0.1, 0.15) is 5.75 Å². The van der Waals surface area contributed by atoms with Crippen molar-refractivity contribution < 1.29 is 18.8 Å². The molecule has 3 rings (SSSR count). The first-order valence-corrected chi connectivity index (χ1v) is 8.37. The Morgan fingerprint density at radius 2 is 1.78 bits per heavy atom. The van der Waals surface area contributed by atoms with Crippen LogP contribution >= 0.6 is 0 Å². The first-order valence-electron chi connectivity index (χ1n) is 8.37. The van der Waals surface area contributed by atoms with E-state index in [9.17, 15) is 0 Å². The zero-order valence-corrected chi connectivity index (χ0v) is 14.9. The molecule has 23 heavy (non-hydrogen) atoms. The Hall–Kier alpha value is -1.27. The number of rotatable bonds is 5. The molecule has 1 aliphatic carbocycles. The van der Waals surface area contributed by atoms with E-state index in [1.165, 1.54) is 0 Å². The van der Waals surface area contributed by atoms with Crippen LogP contribution in [0.25, 0.3) is 0 Å². The fourth-order valence-electron chi connectivity index (χ4n) is 2.40. The molecule has 0 aromatic carbocycles. The van der Waals surface area contributed by atoms with Gasteiger partial charge in [-0.2, -0.15) is 0 Å². The molecule has 0 unspecified atom stereocenters. The van der Waals surface area contributed by atoms with Gasteiger partial charge in [-0.25, -0.2) is 4.98 Å². The molecule has 2 heterocycles. The van der Waals surface area contributed by atoms with Crippen LogP contribution in [0.1, 0.15) is 54.4 Å². The highest BCUT2D eigenvalue weighted by Gasteiger charge is 2.54. The molecule has 1 aromatic rings. The zero-order chi connectivity index (χ0) is 16.8. The van der Waals surface area contributed by atoms with E-state index in [1.54, 1.807) is 6.20 Å². The van der Waals surface area contributed by atoms with E-state index in [-0.39, 0.29) is 12.2 Å². The van der Waals surface area contributed by atoms with Crippen molar-refractivity contribution in [3.63, 3.8) is 0 Å². The highest BCUT2D eigenvalue weighted by Crippen LogP contribution is 2.38. The van der Waals surface area contributed by atoms with Gasteiger partial charge in [0.15, 0.2) is 0 Å². The predicted octanol–water partition coefficient (Wildman–Crippen LogP) is 2.71. The average molecular weight is 319 g/mol. The maximum Gasteiger partial charge on any atom is 0.504 e. The van der Waals surface area contributed by atoms with Crippen molar-refractivity contribution in [1.29, 1.82) is 0 Å². The third-order valence-electron chi connectivity index (χ3n) is 4.57. The van der Waals surface area contributed by atoms with Gasteiger partial charge in [-0.05, 0) is 60.5 Å². The van der Waals surface area contributed by atoms with E-state index in [4.69, 9.17) is 18.8 Å². The predicted molar refractivity (Wildman–Crippen MR) is 89.4 cm³/mol. The van der Waals surface area contributed by atoms with Crippen LogP contribution in [0.2, 0.25) is 0 Å². The number of nitrogens with zero attached hydrogens (tertiary/aromatic N) is 1. The molecule has 0 amide bonds. The van der Waals surface area contributed by atoms with Crippen molar-refractivity contribution in [2.24, 2.45) is 0 Å².